The second-order valence-electron chi connectivity index (χ2n) is 10.1. The zero-order chi connectivity index (χ0) is 28.1. The first-order valence-corrected chi connectivity index (χ1v) is 12.9. The lowest BCUT2D eigenvalue weighted by Crippen LogP contribution is -2.49. The highest BCUT2D eigenvalue weighted by atomic mass is 16.5. The summed E-state index contributed by atoms with van der Waals surface area (Å²) < 4.78 is 11.8. The van der Waals surface area contributed by atoms with Crippen LogP contribution < -0.4 is 9.47 Å². The zero-order valence-electron chi connectivity index (χ0n) is 22.7. The van der Waals surface area contributed by atoms with Gasteiger partial charge in [-0.25, -0.2) is 9.78 Å². The molecule has 9 nitrogen and oxygen atoms in total. The number of nitrogens with zero attached hydrogens (tertiary/aromatic N) is 3. The van der Waals surface area contributed by atoms with E-state index in [0.29, 0.717) is 30.9 Å². The van der Waals surface area contributed by atoms with Gasteiger partial charge in [0.1, 0.15) is 17.4 Å². The summed E-state index contributed by atoms with van der Waals surface area (Å²) in [7, 11) is 3.58. The third-order valence-electron chi connectivity index (χ3n) is 7.07. The summed E-state index contributed by atoms with van der Waals surface area (Å²) in [6.07, 6.45) is 1.40. The molecule has 4 rings (SSSR count). The number of aromatic carboxylic acids is 1. The molecule has 0 saturated carbocycles. The van der Waals surface area contributed by atoms with Crippen LogP contribution in [-0.2, 0) is 6.54 Å². The molecule has 0 radical (unpaired) electrons. The molecule has 0 bridgehead atoms. The highest BCUT2D eigenvalue weighted by molar-refractivity contribution is 5.98. The Morgan fingerprint density at radius 3 is 2.62 bits per heavy atom. The molecular weight excluding hydrogens is 498 g/mol. The Bertz CT molecular complexity index is 1310. The van der Waals surface area contributed by atoms with Crippen LogP contribution in [-0.4, -0.2) is 82.9 Å². The number of aliphatic hydroxyl groups excluding tert-OH is 1. The van der Waals surface area contributed by atoms with Gasteiger partial charge in [-0.3, -0.25) is 9.69 Å². The van der Waals surface area contributed by atoms with Crippen LogP contribution in [0, 0.1) is 5.92 Å². The zero-order valence-corrected chi connectivity index (χ0v) is 22.7. The lowest BCUT2D eigenvalue weighted by molar-refractivity contribution is 0.0325. The van der Waals surface area contributed by atoms with Crippen molar-refractivity contribution in [2.24, 2.45) is 5.92 Å². The molecule has 1 aliphatic heterocycles. The third kappa shape index (κ3) is 6.55. The topological polar surface area (TPSA) is 112 Å². The highest BCUT2D eigenvalue weighted by Crippen LogP contribution is 2.31. The number of carboxylic acids is 1. The smallest absolute Gasteiger partial charge is 0.335 e. The number of aromatic nitrogens is 1. The molecule has 0 saturated heterocycles. The first-order valence-electron chi connectivity index (χ1n) is 12.9. The molecule has 9 heteroatoms. The molecule has 206 valence electrons. The predicted octanol–water partition coefficient (Wildman–Crippen LogP) is 3.81. The van der Waals surface area contributed by atoms with Crippen molar-refractivity contribution in [1.29, 1.82) is 0 Å². The average molecular weight is 534 g/mol. The standard InChI is InChI=1S/C30H35N3O6/c1-19-15-33(20(2)18-34)29(35)26-13-24(23-6-5-7-25(12-23)38-4)14-31-28(26)39-27(19)17-32(3)16-21-8-10-22(11-9-21)30(36)37/h5-14,19-20,27,34H,15-18H2,1-4H3,(H,36,37)/t19-,20+,27-/m1/s1. The molecule has 1 amide bonds. The molecule has 1 aromatic heterocycles. The number of fused-ring (bicyclic) bond motifs is 1. The van der Waals surface area contributed by atoms with Crippen LogP contribution in [0.3, 0.4) is 0 Å². The highest BCUT2D eigenvalue weighted by Gasteiger charge is 2.34. The molecule has 0 unspecified atom stereocenters. The second-order valence-corrected chi connectivity index (χ2v) is 10.1. The molecule has 0 spiro atoms. The van der Waals surface area contributed by atoms with Crippen molar-refractivity contribution in [1.82, 2.24) is 14.8 Å². The number of ether oxygens (including phenoxy) is 2. The number of aliphatic hydroxyl groups is 1. The quantitative estimate of drug-likeness (QED) is 0.427. The molecule has 2 heterocycles. The minimum atomic E-state index is -0.955. The Morgan fingerprint density at radius 2 is 1.95 bits per heavy atom. The van der Waals surface area contributed by atoms with Gasteiger partial charge in [0.05, 0.1) is 25.3 Å². The summed E-state index contributed by atoms with van der Waals surface area (Å²) in [6, 6.07) is 15.8. The maximum atomic E-state index is 13.7. The van der Waals surface area contributed by atoms with Gasteiger partial charge in [0.2, 0.25) is 5.88 Å². The molecule has 3 aromatic rings. The van der Waals surface area contributed by atoms with Gasteiger partial charge >= 0.3 is 5.97 Å². The van der Waals surface area contributed by atoms with E-state index < -0.39 is 5.97 Å². The van der Waals surface area contributed by atoms with E-state index in [-0.39, 0.29) is 42.0 Å². The van der Waals surface area contributed by atoms with Crippen molar-refractivity contribution in [2.45, 2.75) is 32.5 Å². The Labute approximate surface area is 228 Å². The van der Waals surface area contributed by atoms with Crippen LogP contribution in [0.1, 0.15) is 40.1 Å². The van der Waals surface area contributed by atoms with Crippen molar-refractivity contribution >= 4 is 11.9 Å². The third-order valence-corrected chi connectivity index (χ3v) is 7.07. The molecule has 1 aliphatic rings. The number of carbonyl (C=O) groups excluding carboxylic acids is 1. The van der Waals surface area contributed by atoms with E-state index >= 15 is 0 Å². The van der Waals surface area contributed by atoms with E-state index in [4.69, 9.17) is 14.6 Å². The number of carbonyl (C=O) groups is 2. The fourth-order valence-electron chi connectivity index (χ4n) is 4.72. The fourth-order valence-corrected chi connectivity index (χ4v) is 4.72. The number of methoxy groups -OCH3 is 1. The lowest BCUT2D eigenvalue weighted by Gasteiger charge is -2.37. The summed E-state index contributed by atoms with van der Waals surface area (Å²) >= 11 is 0. The summed E-state index contributed by atoms with van der Waals surface area (Å²) in [5.41, 5.74) is 3.19. The normalized spacial score (nSPS) is 18.1. The van der Waals surface area contributed by atoms with Gasteiger partial charge in [-0.2, -0.15) is 0 Å². The van der Waals surface area contributed by atoms with Crippen molar-refractivity contribution < 1.29 is 29.3 Å². The number of likely N-dealkylation sites (N-methyl/N-ethyl adjacent to an activating group) is 1. The van der Waals surface area contributed by atoms with E-state index in [1.165, 1.54) is 0 Å². The lowest BCUT2D eigenvalue weighted by atomic mass is 9.99. The van der Waals surface area contributed by atoms with Gasteiger partial charge in [-0.1, -0.05) is 31.2 Å². The number of rotatable bonds is 9. The van der Waals surface area contributed by atoms with E-state index in [1.54, 1.807) is 36.4 Å². The van der Waals surface area contributed by atoms with Gasteiger partial charge in [0, 0.05) is 37.3 Å². The van der Waals surface area contributed by atoms with Gasteiger partial charge in [0.15, 0.2) is 0 Å². The number of hydrogen-bond donors (Lipinski definition) is 2. The van der Waals surface area contributed by atoms with Crippen molar-refractivity contribution in [3.05, 3.63) is 77.5 Å². The van der Waals surface area contributed by atoms with Crippen molar-refractivity contribution in [3.8, 4) is 22.8 Å². The molecule has 2 aromatic carbocycles. The Kier molecular flexibility index (Phi) is 8.83. The van der Waals surface area contributed by atoms with Crippen LogP contribution in [0.5, 0.6) is 11.6 Å². The van der Waals surface area contributed by atoms with Crippen molar-refractivity contribution in [2.75, 3.05) is 33.9 Å². The van der Waals surface area contributed by atoms with Gasteiger partial charge in [-0.15, -0.1) is 0 Å². The molecule has 2 N–H and O–H groups in total. The van der Waals surface area contributed by atoms with E-state index in [0.717, 1.165) is 16.7 Å². The first-order chi connectivity index (χ1) is 18.7. The summed E-state index contributed by atoms with van der Waals surface area (Å²) in [6.45, 7) is 5.26. The minimum Gasteiger partial charge on any atom is -0.497 e. The fraction of sp³-hybridized carbons (Fsp3) is 0.367. The Morgan fingerprint density at radius 1 is 1.21 bits per heavy atom. The monoisotopic (exact) mass is 533 g/mol. The minimum absolute atomic E-state index is 0.0483. The van der Waals surface area contributed by atoms with Crippen molar-refractivity contribution in [3.63, 3.8) is 0 Å². The maximum absolute atomic E-state index is 13.7. The SMILES string of the molecule is COc1cccc(-c2cnc3c(c2)C(=O)N([C@@H](C)CO)C[C@@H](C)[C@@H](CN(C)Cc2ccc(C(=O)O)cc2)O3)c1. The van der Waals surface area contributed by atoms with Gasteiger partial charge in [-0.05, 0) is 55.4 Å². The van der Waals surface area contributed by atoms with Crippen LogP contribution in [0.25, 0.3) is 11.1 Å². The molecule has 3 atom stereocenters. The van der Waals surface area contributed by atoms with Gasteiger partial charge < -0.3 is 24.6 Å². The average Bonchev–Trinajstić information content (AvgIpc) is 2.94. The summed E-state index contributed by atoms with van der Waals surface area (Å²) in [4.78, 5) is 33.2. The Balaban J connectivity index is 1.62. The molecular formula is C30H35N3O6. The first kappa shape index (κ1) is 28.1. The van der Waals surface area contributed by atoms with Crippen LogP contribution >= 0.6 is 0 Å². The maximum Gasteiger partial charge on any atom is 0.335 e. The molecule has 0 fully saturated rings. The van der Waals surface area contributed by atoms with E-state index in [1.807, 2.05) is 57.3 Å². The largest absolute Gasteiger partial charge is 0.497 e. The Hall–Kier alpha value is -3.95. The van der Waals surface area contributed by atoms with Crippen LogP contribution in [0.15, 0.2) is 60.8 Å². The predicted molar refractivity (Wildman–Crippen MR) is 147 cm³/mol. The molecule has 0 aliphatic carbocycles. The number of amides is 1. The molecule has 39 heavy (non-hydrogen) atoms. The van der Waals surface area contributed by atoms with Gasteiger partial charge in [0.25, 0.3) is 5.91 Å². The number of pyridine rings is 1. The van der Waals surface area contributed by atoms with Crippen LogP contribution in [0.4, 0.5) is 0 Å². The second kappa shape index (κ2) is 12.3. The van der Waals surface area contributed by atoms with E-state index in [2.05, 4.69) is 9.88 Å². The van der Waals surface area contributed by atoms with Crippen LogP contribution in [0.2, 0.25) is 0 Å². The van der Waals surface area contributed by atoms with E-state index in [9.17, 15) is 14.7 Å². The summed E-state index contributed by atoms with van der Waals surface area (Å²) in [5.74, 6) is -0.276. The number of hydrogen-bond acceptors (Lipinski definition) is 7. The number of carboxylic acid groups (broad SMARTS) is 1. The number of benzene rings is 2. The summed E-state index contributed by atoms with van der Waals surface area (Å²) in [5, 5.41) is 19.1.